The molecule has 0 bridgehead atoms. The van der Waals surface area contributed by atoms with Crippen molar-refractivity contribution in [2.24, 2.45) is 0 Å². The van der Waals surface area contributed by atoms with E-state index in [9.17, 15) is 13.2 Å². The van der Waals surface area contributed by atoms with E-state index in [2.05, 4.69) is 35.8 Å². The summed E-state index contributed by atoms with van der Waals surface area (Å²) in [6, 6.07) is 30.5. The fourth-order valence-electron chi connectivity index (χ4n) is 4.41. The van der Waals surface area contributed by atoms with Crippen molar-refractivity contribution in [2.45, 2.75) is 24.2 Å². The Kier molecular flexibility index (Phi) is 7.92. The first-order valence-electron chi connectivity index (χ1n) is 12.7. The third kappa shape index (κ3) is 6.29. The molecule has 0 fully saturated rings. The van der Waals surface area contributed by atoms with Crippen LogP contribution in [0, 0.1) is 23.7 Å². The third-order valence-corrected chi connectivity index (χ3v) is 7.93. The normalized spacial score (nSPS) is 11.0. The Hall–Kier alpha value is -4.58. The van der Waals surface area contributed by atoms with E-state index in [0.717, 1.165) is 32.3 Å². The maximum atomic E-state index is 12.7. The lowest BCUT2D eigenvalue weighted by Gasteiger charge is -2.07. The van der Waals surface area contributed by atoms with E-state index in [1.807, 2.05) is 66.7 Å². The maximum Gasteiger partial charge on any atom is 0.339 e. The second kappa shape index (κ2) is 11.9. The molecule has 192 valence electrons. The van der Waals surface area contributed by atoms with Crippen molar-refractivity contribution in [2.75, 3.05) is 12.4 Å². The van der Waals surface area contributed by atoms with Gasteiger partial charge in [-0.2, -0.15) is 0 Å². The van der Waals surface area contributed by atoms with Gasteiger partial charge in [0.1, 0.15) is 5.75 Å². The van der Waals surface area contributed by atoms with E-state index in [0.29, 0.717) is 24.8 Å². The Morgan fingerprint density at radius 3 is 2.05 bits per heavy atom. The molecule has 39 heavy (non-hydrogen) atoms. The molecule has 0 aliphatic carbocycles. The lowest BCUT2D eigenvalue weighted by molar-refractivity contribution is 0.0559. The zero-order valence-corrected chi connectivity index (χ0v) is 22.1. The fourth-order valence-corrected chi connectivity index (χ4v) is 5.45. The Balaban J connectivity index is 1.08. The maximum absolute atomic E-state index is 12.7. The van der Waals surface area contributed by atoms with Gasteiger partial charge in [0.05, 0.1) is 10.5 Å². The van der Waals surface area contributed by atoms with Gasteiger partial charge in [0.15, 0.2) is 16.4 Å². The second-order valence-electron chi connectivity index (χ2n) is 9.13. The van der Waals surface area contributed by atoms with Crippen molar-refractivity contribution in [3.63, 3.8) is 0 Å². The molecule has 0 N–H and O–H groups in total. The van der Waals surface area contributed by atoms with Gasteiger partial charge in [-0.3, -0.25) is 0 Å². The number of carbonyl (C=O) groups is 1. The molecule has 0 radical (unpaired) electrons. The summed E-state index contributed by atoms with van der Waals surface area (Å²) in [6.07, 6.45) is 1.84. The quantitative estimate of drug-likeness (QED) is 0.103. The monoisotopic (exact) mass is 530 g/mol. The van der Waals surface area contributed by atoms with Crippen LogP contribution in [0.5, 0.6) is 0 Å². The molecule has 0 saturated heterocycles. The lowest BCUT2D eigenvalue weighted by Crippen LogP contribution is -2.06. The van der Waals surface area contributed by atoms with E-state index >= 15 is 0 Å². The summed E-state index contributed by atoms with van der Waals surface area (Å²) >= 11 is 0. The zero-order chi connectivity index (χ0) is 27.1. The van der Waals surface area contributed by atoms with Crippen molar-refractivity contribution in [1.82, 2.24) is 0 Å². The Bertz CT molecular complexity index is 1920. The smallest absolute Gasteiger partial charge is 0.339 e. The molecule has 0 unspecified atom stereocenters. The number of rotatable bonds is 6. The first-order chi connectivity index (χ1) is 19.0. The van der Waals surface area contributed by atoms with Gasteiger partial charge in [0.2, 0.25) is 0 Å². The van der Waals surface area contributed by atoms with Crippen LogP contribution in [0.1, 0.15) is 29.6 Å². The molecule has 5 rings (SSSR count). The topological polar surface area (TPSA) is 60.4 Å². The molecule has 0 aliphatic heterocycles. The van der Waals surface area contributed by atoms with Crippen molar-refractivity contribution in [3.8, 4) is 23.7 Å². The first kappa shape index (κ1) is 26.0. The van der Waals surface area contributed by atoms with Gasteiger partial charge >= 0.3 is 5.97 Å². The van der Waals surface area contributed by atoms with Gasteiger partial charge in [-0.25, -0.2) is 13.2 Å². The highest BCUT2D eigenvalue weighted by Crippen LogP contribution is 2.26. The van der Waals surface area contributed by atoms with Crippen LogP contribution >= 0.6 is 0 Å². The lowest BCUT2D eigenvalue weighted by atomic mass is 10.00. The Labute approximate surface area is 228 Å². The predicted molar refractivity (Wildman–Crippen MR) is 157 cm³/mol. The molecule has 4 nitrogen and oxygen atoms in total. The summed E-state index contributed by atoms with van der Waals surface area (Å²) in [5.74, 6) is 11.0. The van der Waals surface area contributed by atoms with Crippen LogP contribution in [0.4, 0.5) is 0 Å². The van der Waals surface area contributed by atoms with Crippen molar-refractivity contribution in [3.05, 3.63) is 103 Å². The highest BCUT2D eigenvalue weighted by molar-refractivity contribution is 7.91. The average Bonchev–Trinajstić information content (AvgIpc) is 2.96. The molecule has 0 amide bonds. The summed E-state index contributed by atoms with van der Waals surface area (Å²) in [6.45, 7) is 0.0124. The van der Waals surface area contributed by atoms with Gasteiger partial charge in [0.25, 0.3) is 0 Å². The second-order valence-corrected chi connectivity index (χ2v) is 11.1. The van der Waals surface area contributed by atoms with E-state index in [-0.39, 0.29) is 17.3 Å². The van der Waals surface area contributed by atoms with E-state index in [4.69, 9.17) is 4.74 Å². The number of hydrogen-bond donors (Lipinski definition) is 0. The summed E-state index contributed by atoms with van der Waals surface area (Å²) in [5, 5.41) is 5.93. The third-order valence-electron chi connectivity index (χ3n) is 6.44. The number of carbonyl (C=O) groups excluding carboxylic acids is 1. The van der Waals surface area contributed by atoms with Crippen LogP contribution in [-0.4, -0.2) is 26.7 Å². The highest BCUT2D eigenvalue weighted by atomic mass is 32.2. The van der Waals surface area contributed by atoms with E-state index in [1.54, 1.807) is 18.2 Å². The van der Waals surface area contributed by atoms with Crippen molar-refractivity contribution in [1.29, 1.82) is 0 Å². The van der Waals surface area contributed by atoms with Gasteiger partial charge in [0, 0.05) is 12.8 Å². The summed E-state index contributed by atoms with van der Waals surface area (Å²) in [7, 11) is -3.46. The van der Waals surface area contributed by atoms with Crippen LogP contribution < -0.4 is 0 Å². The predicted octanol–water partition coefficient (Wildman–Crippen LogP) is 6.95. The Morgan fingerprint density at radius 1 is 0.641 bits per heavy atom. The van der Waals surface area contributed by atoms with Gasteiger partial charge in [-0.1, -0.05) is 84.5 Å². The van der Waals surface area contributed by atoms with Crippen molar-refractivity contribution < 1.29 is 17.9 Å². The van der Waals surface area contributed by atoms with Crippen LogP contribution in [0.3, 0.4) is 0 Å². The number of benzene rings is 5. The molecule has 5 heteroatoms. The molecule has 5 aromatic rings. The molecular formula is C34H26O4S. The number of unbranched alkanes of at least 4 members (excludes halogenated alkanes) is 2. The molecule has 0 saturated carbocycles. The fraction of sp³-hybridized carbons (Fsp3) is 0.147. The zero-order valence-electron chi connectivity index (χ0n) is 21.3. The van der Waals surface area contributed by atoms with E-state index in [1.165, 1.54) is 0 Å². The van der Waals surface area contributed by atoms with Crippen LogP contribution in [-0.2, 0) is 14.6 Å². The largest absolute Gasteiger partial charge is 0.449 e. The highest BCUT2D eigenvalue weighted by Gasteiger charge is 2.13. The first-order valence-corrected chi connectivity index (χ1v) is 14.4. The summed E-state index contributed by atoms with van der Waals surface area (Å²) in [4.78, 5) is 13.0. The number of fused-ring (bicyclic) bond motifs is 3. The number of sulfone groups is 1. The molecule has 5 aromatic carbocycles. The van der Waals surface area contributed by atoms with Crippen LogP contribution in [0.15, 0.2) is 102 Å². The molecule has 0 atom stereocenters. The number of ether oxygens (including phenoxy) is 1. The molecular weight excluding hydrogens is 504 g/mol. The van der Waals surface area contributed by atoms with Gasteiger partial charge in [-0.05, 0) is 69.1 Å². The van der Waals surface area contributed by atoms with Crippen LogP contribution in [0.2, 0.25) is 0 Å². The Morgan fingerprint density at radius 2 is 1.28 bits per heavy atom. The minimum atomic E-state index is -3.46. The summed E-state index contributed by atoms with van der Waals surface area (Å²) in [5.41, 5.74) is 0.522. The standard InChI is InChI=1S/C34H26O4S/c35-34(32-18-12-17-30-23-27-14-8-9-16-29(27)25-33(30)32)38-21-10-4-2-1-3-5-11-22-39(36,37)31-20-19-26-13-6-7-15-28(26)24-31/h6-9,12-20,23-25H,1-3,21-22H2. The molecule has 0 heterocycles. The molecule has 0 spiro atoms. The SMILES string of the molecule is O=C(OCC#CCCCC#CCS(=O)(=O)c1ccc2ccccc2c1)c1cccc2cc3ccccc3cc12. The van der Waals surface area contributed by atoms with E-state index < -0.39 is 15.8 Å². The molecule has 0 aromatic heterocycles. The summed E-state index contributed by atoms with van der Waals surface area (Å²) < 4.78 is 30.6. The molecule has 0 aliphatic rings. The minimum Gasteiger partial charge on any atom is -0.449 e. The minimum absolute atomic E-state index is 0.0124. The van der Waals surface area contributed by atoms with Crippen LogP contribution in [0.25, 0.3) is 32.3 Å². The van der Waals surface area contributed by atoms with Gasteiger partial charge < -0.3 is 4.74 Å². The van der Waals surface area contributed by atoms with Gasteiger partial charge in [-0.15, -0.1) is 5.92 Å². The number of hydrogen-bond acceptors (Lipinski definition) is 4. The average molecular weight is 531 g/mol. The number of esters is 1. The van der Waals surface area contributed by atoms with Crippen molar-refractivity contribution >= 4 is 48.1 Å².